The summed E-state index contributed by atoms with van der Waals surface area (Å²) in [6.07, 6.45) is 1.20. The molecule has 2 unspecified atom stereocenters. The molecular weight excluding hydrogens is 198 g/mol. The van der Waals surface area contributed by atoms with E-state index in [0.29, 0.717) is 17.9 Å². The minimum atomic E-state index is 0.502. The van der Waals surface area contributed by atoms with Gasteiger partial charge in [-0.25, -0.2) is 4.99 Å². The van der Waals surface area contributed by atoms with Gasteiger partial charge >= 0.3 is 0 Å². The zero-order valence-electron chi connectivity index (χ0n) is 9.93. The van der Waals surface area contributed by atoms with E-state index in [-0.39, 0.29) is 0 Å². The maximum absolute atomic E-state index is 6.04. The number of benzene rings is 1. The summed E-state index contributed by atoms with van der Waals surface area (Å²) in [5, 5.41) is 0. The number of hydrogen-bond donors (Lipinski definition) is 1. The van der Waals surface area contributed by atoms with Gasteiger partial charge in [0.05, 0.1) is 5.69 Å². The van der Waals surface area contributed by atoms with Crippen molar-refractivity contribution in [3.8, 4) is 0 Å². The zero-order chi connectivity index (χ0) is 11.5. The van der Waals surface area contributed by atoms with Crippen LogP contribution < -0.4 is 5.73 Å². The van der Waals surface area contributed by atoms with Gasteiger partial charge in [-0.15, -0.1) is 0 Å². The molecule has 0 saturated carbocycles. The van der Waals surface area contributed by atoms with Crippen LogP contribution in [0, 0.1) is 5.92 Å². The lowest BCUT2D eigenvalue weighted by Gasteiger charge is -2.22. The van der Waals surface area contributed by atoms with Gasteiger partial charge in [-0.1, -0.05) is 25.1 Å². The van der Waals surface area contributed by atoms with Crippen LogP contribution in [0.1, 0.15) is 20.3 Å². The highest BCUT2D eigenvalue weighted by Crippen LogP contribution is 2.22. The van der Waals surface area contributed by atoms with Crippen LogP contribution in [0.25, 0.3) is 0 Å². The normalized spacial score (nSPS) is 26.1. The molecule has 1 aliphatic rings. The predicted molar refractivity (Wildman–Crippen MR) is 67.7 cm³/mol. The van der Waals surface area contributed by atoms with Crippen LogP contribution in [-0.4, -0.2) is 23.4 Å². The standard InChI is InChI=1S/C13H19N3/c1-10-8-11(2)16(9-10)13(14)15-12-6-4-3-5-7-12/h3-7,10-11H,8-9H2,1-2H3,(H2,14,15). The molecule has 2 atom stereocenters. The van der Waals surface area contributed by atoms with E-state index in [9.17, 15) is 0 Å². The Morgan fingerprint density at radius 1 is 1.31 bits per heavy atom. The molecule has 1 aromatic rings. The summed E-state index contributed by atoms with van der Waals surface area (Å²) in [5.74, 6) is 1.35. The van der Waals surface area contributed by atoms with Gasteiger partial charge in [0.15, 0.2) is 5.96 Å². The molecule has 0 aromatic heterocycles. The molecule has 2 N–H and O–H groups in total. The number of aliphatic imine (C=N–C) groups is 1. The van der Waals surface area contributed by atoms with E-state index < -0.39 is 0 Å². The van der Waals surface area contributed by atoms with Crippen molar-refractivity contribution >= 4 is 11.6 Å². The van der Waals surface area contributed by atoms with E-state index in [1.54, 1.807) is 0 Å². The van der Waals surface area contributed by atoms with Crippen molar-refractivity contribution in [3.63, 3.8) is 0 Å². The number of hydrogen-bond acceptors (Lipinski definition) is 1. The lowest BCUT2D eigenvalue weighted by atomic mass is 10.1. The second-order valence-corrected chi connectivity index (χ2v) is 4.65. The summed E-state index contributed by atoms with van der Waals surface area (Å²) in [7, 11) is 0. The molecule has 0 aliphatic carbocycles. The first-order valence-corrected chi connectivity index (χ1v) is 5.82. The van der Waals surface area contributed by atoms with Crippen molar-refractivity contribution in [3.05, 3.63) is 30.3 Å². The predicted octanol–water partition coefficient (Wildman–Crippen LogP) is 2.36. The average Bonchev–Trinajstić information content (AvgIpc) is 2.59. The molecule has 2 rings (SSSR count). The van der Waals surface area contributed by atoms with Gasteiger partial charge in [0.25, 0.3) is 0 Å². The highest BCUT2D eigenvalue weighted by atomic mass is 15.3. The zero-order valence-corrected chi connectivity index (χ0v) is 9.93. The summed E-state index contributed by atoms with van der Waals surface area (Å²) in [6, 6.07) is 10.4. The maximum atomic E-state index is 6.04. The quantitative estimate of drug-likeness (QED) is 0.579. The van der Waals surface area contributed by atoms with Crippen LogP contribution in [0.5, 0.6) is 0 Å². The number of nitrogens with zero attached hydrogens (tertiary/aromatic N) is 2. The number of likely N-dealkylation sites (tertiary alicyclic amines) is 1. The fraction of sp³-hybridized carbons (Fsp3) is 0.462. The van der Waals surface area contributed by atoms with Crippen LogP contribution in [0.3, 0.4) is 0 Å². The van der Waals surface area contributed by atoms with Gasteiger partial charge in [-0.05, 0) is 31.4 Å². The second-order valence-electron chi connectivity index (χ2n) is 4.65. The summed E-state index contributed by atoms with van der Waals surface area (Å²) >= 11 is 0. The molecule has 1 heterocycles. The lowest BCUT2D eigenvalue weighted by Crippen LogP contribution is -2.39. The Morgan fingerprint density at radius 2 is 2.00 bits per heavy atom. The minimum Gasteiger partial charge on any atom is -0.369 e. The van der Waals surface area contributed by atoms with Gasteiger partial charge < -0.3 is 10.6 Å². The van der Waals surface area contributed by atoms with Crippen LogP contribution in [0.15, 0.2) is 35.3 Å². The Bertz CT molecular complexity index is 372. The Balaban J connectivity index is 2.13. The Morgan fingerprint density at radius 3 is 2.56 bits per heavy atom. The van der Waals surface area contributed by atoms with E-state index in [0.717, 1.165) is 12.2 Å². The third kappa shape index (κ3) is 2.35. The molecule has 0 radical (unpaired) electrons. The smallest absolute Gasteiger partial charge is 0.196 e. The Labute approximate surface area is 97.0 Å². The number of nitrogens with two attached hydrogens (primary N) is 1. The van der Waals surface area contributed by atoms with E-state index in [4.69, 9.17) is 5.73 Å². The van der Waals surface area contributed by atoms with Gasteiger partial charge in [-0.2, -0.15) is 0 Å². The third-order valence-corrected chi connectivity index (χ3v) is 3.08. The van der Waals surface area contributed by atoms with Crippen LogP contribution in [0.2, 0.25) is 0 Å². The van der Waals surface area contributed by atoms with Gasteiger partial charge in [0.1, 0.15) is 0 Å². The monoisotopic (exact) mass is 217 g/mol. The molecule has 1 fully saturated rings. The molecule has 1 saturated heterocycles. The van der Waals surface area contributed by atoms with Crippen molar-refractivity contribution in [2.75, 3.05) is 6.54 Å². The van der Waals surface area contributed by atoms with Crippen molar-refractivity contribution in [2.24, 2.45) is 16.6 Å². The fourth-order valence-electron chi connectivity index (χ4n) is 2.32. The highest BCUT2D eigenvalue weighted by Gasteiger charge is 2.27. The first kappa shape index (κ1) is 11.0. The van der Waals surface area contributed by atoms with Crippen LogP contribution >= 0.6 is 0 Å². The number of guanidine groups is 1. The van der Waals surface area contributed by atoms with Crippen molar-refractivity contribution in [2.45, 2.75) is 26.3 Å². The molecule has 1 aliphatic heterocycles. The SMILES string of the molecule is CC1CC(C)N(C(N)=Nc2ccccc2)C1. The maximum Gasteiger partial charge on any atom is 0.196 e. The van der Waals surface area contributed by atoms with Gasteiger partial charge in [0, 0.05) is 12.6 Å². The lowest BCUT2D eigenvalue weighted by molar-refractivity contribution is 0.407. The molecule has 3 nitrogen and oxygen atoms in total. The topological polar surface area (TPSA) is 41.6 Å². The van der Waals surface area contributed by atoms with Gasteiger partial charge in [-0.3, -0.25) is 0 Å². The molecular formula is C13H19N3. The third-order valence-electron chi connectivity index (χ3n) is 3.08. The molecule has 1 aromatic carbocycles. The van der Waals surface area contributed by atoms with Crippen LogP contribution in [0.4, 0.5) is 5.69 Å². The molecule has 86 valence electrons. The van der Waals surface area contributed by atoms with Crippen molar-refractivity contribution in [1.82, 2.24) is 4.90 Å². The fourth-order valence-corrected chi connectivity index (χ4v) is 2.32. The highest BCUT2D eigenvalue weighted by molar-refractivity contribution is 5.81. The second kappa shape index (κ2) is 4.56. The van der Waals surface area contributed by atoms with E-state index >= 15 is 0 Å². The summed E-state index contributed by atoms with van der Waals surface area (Å²) < 4.78 is 0. The number of para-hydroxylation sites is 1. The molecule has 0 amide bonds. The summed E-state index contributed by atoms with van der Waals surface area (Å²) in [6.45, 7) is 5.48. The molecule has 3 heteroatoms. The summed E-state index contributed by atoms with van der Waals surface area (Å²) in [4.78, 5) is 6.64. The summed E-state index contributed by atoms with van der Waals surface area (Å²) in [5.41, 5.74) is 6.96. The van der Waals surface area contributed by atoms with E-state index in [1.165, 1.54) is 6.42 Å². The van der Waals surface area contributed by atoms with Crippen LogP contribution in [-0.2, 0) is 0 Å². The first-order valence-electron chi connectivity index (χ1n) is 5.82. The Kier molecular flexibility index (Phi) is 3.13. The molecule has 0 spiro atoms. The average molecular weight is 217 g/mol. The largest absolute Gasteiger partial charge is 0.369 e. The first-order chi connectivity index (χ1) is 7.66. The van der Waals surface area contributed by atoms with Gasteiger partial charge in [0.2, 0.25) is 0 Å². The molecule has 0 bridgehead atoms. The van der Waals surface area contributed by atoms with Crippen molar-refractivity contribution < 1.29 is 0 Å². The van der Waals surface area contributed by atoms with Crippen molar-refractivity contribution in [1.29, 1.82) is 0 Å². The number of rotatable bonds is 1. The van der Waals surface area contributed by atoms with E-state index in [1.807, 2.05) is 30.3 Å². The Hall–Kier alpha value is -1.51. The minimum absolute atomic E-state index is 0.502. The molecule has 16 heavy (non-hydrogen) atoms. The van der Waals surface area contributed by atoms with E-state index in [2.05, 4.69) is 23.7 Å².